The lowest BCUT2D eigenvalue weighted by molar-refractivity contribution is -0.131. The first-order chi connectivity index (χ1) is 14.9. The molecule has 31 heavy (non-hydrogen) atoms. The molecule has 2 fully saturated rings. The third-order valence-corrected chi connectivity index (χ3v) is 6.85. The minimum Gasteiger partial charge on any atom is -0.342 e. The lowest BCUT2D eigenvalue weighted by atomic mass is 9.90. The van der Waals surface area contributed by atoms with E-state index in [0.717, 1.165) is 43.4 Å². The Kier molecular flexibility index (Phi) is 6.39. The van der Waals surface area contributed by atoms with Crippen molar-refractivity contribution in [3.8, 4) is 0 Å². The maximum atomic E-state index is 13.3. The Bertz CT molecular complexity index is 908. The van der Waals surface area contributed by atoms with Crippen molar-refractivity contribution in [1.29, 1.82) is 0 Å². The molecule has 0 radical (unpaired) electrons. The second kappa shape index (κ2) is 9.20. The van der Waals surface area contributed by atoms with Crippen LogP contribution in [0.15, 0.2) is 30.5 Å². The molecule has 2 aliphatic rings. The number of carbonyl (C=O) groups is 2. The van der Waals surface area contributed by atoms with E-state index in [9.17, 15) is 14.0 Å². The molecular formula is C24H31FN4O2. The van der Waals surface area contributed by atoms with Crippen LogP contribution in [0.5, 0.6) is 0 Å². The average Bonchev–Trinajstić information content (AvgIpc) is 3.25. The minimum absolute atomic E-state index is 0.0573. The second-order valence-electron chi connectivity index (χ2n) is 9.00. The van der Waals surface area contributed by atoms with Crippen molar-refractivity contribution in [3.05, 3.63) is 53.1 Å². The van der Waals surface area contributed by atoms with E-state index in [1.165, 1.54) is 12.1 Å². The van der Waals surface area contributed by atoms with Crippen molar-refractivity contribution < 1.29 is 14.0 Å². The van der Waals surface area contributed by atoms with Gasteiger partial charge in [-0.15, -0.1) is 0 Å². The van der Waals surface area contributed by atoms with Crippen LogP contribution in [0, 0.1) is 5.82 Å². The molecule has 0 spiro atoms. The van der Waals surface area contributed by atoms with Gasteiger partial charge in [0, 0.05) is 31.1 Å². The molecule has 2 aliphatic heterocycles. The van der Waals surface area contributed by atoms with Crippen LogP contribution in [0.25, 0.3) is 0 Å². The molecule has 0 aliphatic carbocycles. The van der Waals surface area contributed by atoms with Crippen LogP contribution in [0.2, 0.25) is 0 Å². The average molecular weight is 427 g/mol. The van der Waals surface area contributed by atoms with Gasteiger partial charge in [0.05, 0.1) is 23.9 Å². The van der Waals surface area contributed by atoms with Gasteiger partial charge in [-0.2, -0.15) is 5.10 Å². The number of nitrogens with zero attached hydrogens (tertiary/aromatic N) is 3. The third-order valence-electron chi connectivity index (χ3n) is 6.85. The van der Waals surface area contributed by atoms with E-state index in [1.807, 2.05) is 9.80 Å². The zero-order valence-electron chi connectivity index (χ0n) is 18.3. The van der Waals surface area contributed by atoms with Gasteiger partial charge in [-0.3, -0.25) is 14.7 Å². The van der Waals surface area contributed by atoms with Crippen molar-refractivity contribution >= 4 is 11.8 Å². The topological polar surface area (TPSA) is 69.3 Å². The molecule has 2 atom stereocenters. The fourth-order valence-electron chi connectivity index (χ4n) is 5.04. The first kappa shape index (κ1) is 21.5. The number of piperidine rings is 2. The predicted octanol–water partition coefficient (Wildman–Crippen LogP) is 3.90. The number of halogens is 1. The standard InChI is InChI=1S/C24H31FN4O2/c1-16-4-3-5-17(2)29(16)24(31)21-15-26-27-23(21)19-10-12-28(13-11-19)22(30)14-18-6-8-20(25)9-7-18/h6-9,15-17,19H,3-5,10-14H2,1-2H3,(H,26,27)/t16-,17-/m1/s1. The smallest absolute Gasteiger partial charge is 0.257 e. The van der Waals surface area contributed by atoms with Gasteiger partial charge in [-0.05, 0) is 63.6 Å². The van der Waals surface area contributed by atoms with Gasteiger partial charge in [0.2, 0.25) is 5.91 Å². The number of hydrogen-bond donors (Lipinski definition) is 1. The van der Waals surface area contributed by atoms with Gasteiger partial charge in [-0.25, -0.2) is 4.39 Å². The number of hydrogen-bond acceptors (Lipinski definition) is 3. The normalized spacial score (nSPS) is 22.5. The summed E-state index contributed by atoms with van der Waals surface area (Å²) in [5, 5.41) is 7.27. The van der Waals surface area contributed by atoms with Crippen LogP contribution in [0.4, 0.5) is 4.39 Å². The second-order valence-corrected chi connectivity index (χ2v) is 9.00. The minimum atomic E-state index is -0.296. The molecule has 2 amide bonds. The molecule has 4 rings (SSSR count). The summed E-state index contributed by atoms with van der Waals surface area (Å²) in [5.74, 6) is 0.0159. The Balaban J connectivity index is 1.38. The maximum Gasteiger partial charge on any atom is 0.257 e. The number of likely N-dealkylation sites (tertiary alicyclic amines) is 2. The number of H-pyrrole nitrogens is 1. The van der Waals surface area contributed by atoms with E-state index in [0.29, 0.717) is 18.7 Å². The van der Waals surface area contributed by atoms with E-state index >= 15 is 0 Å². The summed E-state index contributed by atoms with van der Waals surface area (Å²) in [6.45, 7) is 5.54. The van der Waals surface area contributed by atoms with Gasteiger partial charge < -0.3 is 9.80 Å². The SMILES string of the molecule is C[C@@H]1CCC[C@@H](C)N1C(=O)c1cn[nH]c1C1CCN(C(=O)Cc2ccc(F)cc2)CC1. The Hall–Kier alpha value is -2.70. The number of carbonyl (C=O) groups excluding carboxylic acids is 2. The molecule has 2 aromatic rings. The highest BCUT2D eigenvalue weighted by molar-refractivity contribution is 5.95. The van der Waals surface area contributed by atoms with E-state index in [2.05, 4.69) is 24.0 Å². The summed E-state index contributed by atoms with van der Waals surface area (Å²) < 4.78 is 13.1. The lowest BCUT2D eigenvalue weighted by Crippen LogP contribution is -2.47. The first-order valence-corrected chi connectivity index (χ1v) is 11.3. The van der Waals surface area contributed by atoms with Crippen molar-refractivity contribution in [2.24, 2.45) is 0 Å². The number of aromatic nitrogens is 2. The summed E-state index contributed by atoms with van der Waals surface area (Å²) in [6, 6.07) is 6.57. The summed E-state index contributed by atoms with van der Waals surface area (Å²) in [4.78, 5) is 29.9. The van der Waals surface area contributed by atoms with Gasteiger partial charge in [0.25, 0.3) is 5.91 Å². The third kappa shape index (κ3) is 4.65. The molecule has 0 unspecified atom stereocenters. The van der Waals surface area contributed by atoms with Crippen LogP contribution < -0.4 is 0 Å². The van der Waals surface area contributed by atoms with Crippen molar-refractivity contribution in [3.63, 3.8) is 0 Å². The molecule has 7 heteroatoms. The number of benzene rings is 1. The van der Waals surface area contributed by atoms with Crippen LogP contribution in [-0.4, -0.2) is 57.0 Å². The Morgan fingerprint density at radius 1 is 1.06 bits per heavy atom. The van der Waals surface area contributed by atoms with Crippen LogP contribution in [0.1, 0.15) is 73.5 Å². The molecule has 0 saturated carbocycles. The Labute approximate surface area is 182 Å². The molecule has 166 valence electrons. The van der Waals surface area contributed by atoms with Crippen molar-refractivity contribution in [2.75, 3.05) is 13.1 Å². The van der Waals surface area contributed by atoms with E-state index in [1.54, 1.807) is 18.3 Å². The monoisotopic (exact) mass is 426 g/mol. The molecule has 6 nitrogen and oxygen atoms in total. The Morgan fingerprint density at radius 2 is 1.71 bits per heavy atom. The fraction of sp³-hybridized carbons (Fsp3) is 0.542. The predicted molar refractivity (Wildman–Crippen MR) is 116 cm³/mol. The fourth-order valence-corrected chi connectivity index (χ4v) is 5.04. The summed E-state index contributed by atoms with van der Waals surface area (Å²) in [7, 11) is 0. The Morgan fingerprint density at radius 3 is 2.35 bits per heavy atom. The number of rotatable bonds is 4. The molecule has 1 N–H and O–H groups in total. The molecule has 1 aromatic carbocycles. The van der Waals surface area contributed by atoms with Crippen LogP contribution in [0.3, 0.4) is 0 Å². The van der Waals surface area contributed by atoms with Crippen molar-refractivity contribution in [2.45, 2.75) is 70.4 Å². The highest BCUT2D eigenvalue weighted by Gasteiger charge is 2.34. The molecule has 1 aromatic heterocycles. The zero-order valence-corrected chi connectivity index (χ0v) is 18.3. The van der Waals surface area contributed by atoms with E-state index in [-0.39, 0.29) is 42.1 Å². The van der Waals surface area contributed by atoms with Gasteiger partial charge in [0.1, 0.15) is 5.82 Å². The van der Waals surface area contributed by atoms with Gasteiger partial charge in [0.15, 0.2) is 0 Å². The summed E-state index contributed by atoms with van der Waals surface area (Å²) in [5.41, 5.74) is 2.40. The molecule has 3 heterocycles. The highest BCUT2D eigenvalue weighted by Crippen LogP contribution is 2.32. The maximum absolute atomic E-state index is 13.3. The van der Waals surface area contributed by atoms with Gasteiger partial charge >= 0.3 is 0 Å². The first-order valence-electron chi connectivity index (χ1n) is 11.3. The number of amides is 2. The van der Waals surface area contributed by atoms with E-state index in [4.69, 9.17) is 0 Å². The quantitative estimate of drug-likeness (QED) is 0.806. The molecule has 0 bridgehead atoms. The molecule has 2 saturated heterocycles. The number of aromatic amines is 1. The lowest BCUT2D eigenvalue weighted by Gasteiger charge is -2.39. The summed E-state index contributed by atoms with van der Waals surface area (Å²) >= 11 is 0. The van der Waals surface area contributed by atoms with Gasteiger partial charge in [-0.1, -0.05) is 12.1 Å². The molecular weight excluding hydrogens is 395 g/mol. The zero-order chi connectivity index (χ0) is 22.0. The number of nitrogens with one attached hydrogen (secondary N) is 1. The van der Waals surface area contributed by atoms with Crippen LogP contribution in [-0.2, 0) is 11.2 Å². The van der Waals surface area contributed by atoms with Crippen LogP contribution >= 0.6 is 0 Å². The largest absolute Gasteiger partial charge is 0.342 e. The van der Waals surface area contributed by atoms with Crippen molar-refractivity contribution in [1.82, 2.24) is 20.0 Å². The van der Waals surface area contributed by atoms with E-state index < -0.39 is 0 Å². The summed E-state index contributed by atoms with van der Waals surface area (Å²) in [6.07, 6.45) is 6.77. The highest BCUT2D eigenvalue weighted by atomic mass is 19.1.